The standard InChI is InChI=1S/C25H34N6O2S/c1-4-24(33)31-7-5-6-20(17-31)12-22-13-21(16-29-8-10-30(11-9-29)19(3)32)14-23(27-22)28-25-26-15-18(2)34-25/h4,13-15,20H,1,5-12,16-17H2,2-3H3,(H,26,27,28)/t20-/m1/s1. The second-order valence-electron chi connectivity index (χ2n) is 9.24. The van der Waals surface area contributed by atoms with Gasteiger partial charge in [0, 0.05) is 69.5 Å². The zero-order valence-corrected chi connectivity index (χ0v) is 20.9. The number of aromatic nitrogens is 2. The molecule has 0 radical (unpaired) electrons. The van der Waals surface area contributed by atoms with Crippen LogP contribution in [0.2, 0.25) is 0 Å². The summed E-state index contributed by atoms with van der Waals surface area (Å²) in [5.41, 5.74) is 2.24. The third-order valence-corrected chi connectivity index (χ3v) is 7.35. The molecule has 0 spiro atoms. The second-order valence-corrected chi connectivity index (χ2v) is 10.5. The molecule has 2 aromatic rings. The van der Waals surface area contributed by atoms with Crippen LogP contribution in [0.5, 0.6) is 0 Å². The van der Waals surface area contributed by atoms with E-state index in [1.54, 1.807) is 18.3 Å². The summed E-state index contributed by atoms with van der Waals surface area (Å²) in [5.74, 6) is 1.35. The number of thiazole rings is 1. The van der Waals surface area contributed by atoms with Crippen molar-refractivity contribution in [2.75, 3.05) is 44.6 Å². The quantitative estimate of drug-likeness (QED) is 0.611. The van der Waals surface area contributed by atoms with Crippen LogP contribution in [-0.2, 0) is 22.6 Å². The number of pyridine rings is 1. The Kier molecular flexibility index (Phi) is 7.95. The molecule has 2 aliphatic rings. The van der Waals surface area contributed by atoms with Crippen LogP contribution in [0.3, 0.4) is 0 Å². The van der Waals surface area contributed by atoms with Crippen molar-refractivity contribution in [3.63, 3.8) is 0 Å². The third-order valence-electron chi connectivity index (χ3n) is 6.52. The average molecular weight is 483 g/mol. The molecule has 2 aliphatic heterocycles. The summed E-state index contributed by atoms with van der Waals surface area (Å²) in [4.78, 5) is 40.5. The number of amides is 2. The Hall–Kier alpha value is -2.78. The molecule has 2 saturated heterocycles. The summed E-state index contributed by atoms with van der Waals surface area (Å²) in [6, 6.07) is 4.30. The van der Waals surface area contributed by atoms with Gasteiger partial charge in [-0.1, -0.05) is 6.58 Å². The van der Waals surface area contributed by atoms with E-state index < -0.39 is 0 Å². The zero-order chi connectivity index (χ0) is 24.1. The molecule has 34 heavy (non-hydrogen) atoms. The first-order chi connectivity index (χ1) is 16.4. The lowest BCUT2D eigenvalue weighted by Gasteiger charge is -2.34. The summed E-state index contributed by atoms with van der Waals surface area (Å²) in [6.45, 7) is 13.0. The predicted octanol–water partition coefficient (Wildman–Crippen LogP) is 3.22. The molecule has 0 unspecified atom stereocenters. The van der Waals surface area contributed by atoms with Crippen LogP contribution in [0, 0.1) is 12.8 Å². The van der Waals surface area contributed by atoms with E-state index in [0.717, 1.165) is 86.6 Å². The van der Waals surface area contributed by atoms with Crippen molar-refractivity contribution >= 4 is 34.1 Å². The maximum absolute atomic E-state index is 12.1. The summed E-state index contributed by atoms with van der Waals surface area (Å²) < 4.78 is 0. The number of carbonyl (C=O) groups is 2. The number of hydrogen-bond acceptors (Lipinski definition) is 7. The maximum Gasteiger partial charge on any atom is 0.245 e. The molecule has 0 aromatic carbocycles. The summed E-state index contributed by atoms with van der Waals surface area (Å²) in [7, 11) is 0. The van der Waals surface area contributed by atoms with Gasteiger partial charge in [0.25, 0.3) is 0 Å². The van der Waals surface area contributed by atoms with Gasteiger partial charge in [-0.15, -0.1) is 11.3 Å². The fraction of sp³-hybridized carbons (Fsp3) is 0.520. The van der Waals surface area contributed by atoms with E-state index >= 15 is 0 Å². The van der Waals surface area contributed by atoms with E-state index in [0.29, 0.717) is 5.92 Å². The minimum absolute atomic E-state index is 0.0117. The molecular formula is C25H34N6O2S. The Labute approximate surface area is 205 Å². The normalized spacial score (nSPS) is 19.2. The molecule has 2 aromatic heterocycles. The maximum atomic E-state index is 12.1. The largest absolute Gasteiger partial charge is 0.340 e. The fourth-order valence-electron chi connectivity index (χ4n) is 4.77. The molecule has 2 amide bonds. The van der Waals surface area contributed by atoms with Gasteiger partial charge in [0.15, 0.2) is 5.13 Å². The molecule has 8 nitrogen and oxygen atoms in total. The van der Waals surface area contributed by atoms with Crippen molar-refractivity contribution in [2.24, 2.45) is 5.92 Å². The Balaban J connectivity index is 1.49. The van der Waals surface area contributed by atoms with Gasteiger partial charge in [-0.05, 0) is 55.9 Å². The average Bonchev–Trinajstić information content (AvgIpc) is 3.23. The number of piperidine rings is 1. The zero-order valence-electron chi connectivity index (χ0n) is 20.1. The third kappa shape index (κ3) is 6.42. The summed E-state index contributed by atoms with van der Waals surface area (Å²) >= 11 is 1.61. The molecule has 0 aliphatic carbocycles. The molecule has 4 heterocycles. The van der Waals surface area contributed by atoms with Crippen molar-refractivity contribution < 1.29 is 9.59 Å². The van der Waals surface area contributed by atoms with Crippen molar-refractivity contribution in [3.05, 3.63) is 47.1 Å². The summed E-state index contributed by atoms with van der Waals surface area (Å²) in [6.07, 6.45) is 6.20. The van der Waals surface area contributed by atoms with Crippen molar-refractivity contribution in [2.45, 2.75) is 39.7 Å². The number of rotatable bonds is 7. The number of nitrogens with one attached hydrogen (secondary N) is 1. The Morgan fingerprint density at radius 3 is 2.68 bits per heavy atom. The van der Waals surface area contributed by atoms with Crippen LogP contribution in [0.1, 0.15) is 35.9 Å². The van der Waals surface area contributed by atoms with Gasteiger partial charge >= 0.3 is 0 Å². The molecule has 1 atom stereocenters. The number of piperazine rings is 1. The first-order valence-corrected chi connectivity index (χ1v) is 12.8. The van der Waals surface area contributed by atoms with Gasteiger partial charge in [0.05, 0.1) is 0 Å². The Morgan fingerprint density at radius 2 is 2.00 bits per heavy atom. The van der Waals surface area contributed by atoms with Gasteiger partial charge < -0.3 is 15.1 Å². The first-order valence-electron chi connectivity index (χ1n) is 12.0. The van der Waals surface area contributed by atoms with E-state index in [9.17, 15) is 9.59 Å². The number of anilines is 2. The van der Waals surface area contributed by atoms with Gasteiger partial charge in [0.1, 0.15) is 5.82 Å². The number of carbonyl (C=O) groups excluding carboxylic acids is 2. The predicted molar refractivity (Wildman–Crippen MR) is 135 cm³/mol. The Morgan fingerprint density at radius 1 is 1.21 bits per heavy atom. The number of likely N-dealkylation sites (tertiary alicyclic amines) is 1. The van der Waals surface area contributed by atoms with Gasteiger partial charge in [0.2, 0.25) is 11.8 Å². The topological polar surface area (TPSA) is 81.7 Å². The lowest BCUT2D eigenvalue weighted by molar-refractivity contribution is -0.130. The molecule has 1 N–H and O–H groups in total. The number of nitrogens with zero attached hydrogens (tertiary/aromatic N) is 5. The van der Waals surface area contributed by atoms with E-state index in [4.69, 9.17) is 4.98 Å². The van der Waals surface area contributed by atoms with Gasteiger partial charge in [-0.2, -0.15) is 0 Å². The van der Waals surface area contributed by atoms with Gasteiger partial charge in [-0.3, -0.25) is 14.5 Å². The minimum Gasteiger partial charge on any atom is -0.340 e. The van der Waals surface area contributed by atoms with Crippen LogP contribution in [0.4, 0.5) is 10.9 Å². The fourth-order valence-corrected chi connectivity index (χ4v) is 5.44. The van der Waals surface area contributed by atoms with E-state index in [-0.39, 0.29) is 11.8 Å². The highest BCUT2D eigenvalue weighted by molar-refractivity contribution is 7.15. The van der Waals surface area contributed by atoms with E-state index in [2.05, 4.69) is 33.9 Å². The second kappa shape index (κ2) is 11.1. The molecule has 4 rings (SSSR count). The van der Waals surface area contributed by atoms with Crippen LogP contribution < -0.4 is 5.32 Å². The highest BCUT2D eigenvalue weighted by atomic mass is 32.1. The van der Waals surface area contributed by atoms with Crippen LogP contribution in [-0.4, -0.2) is 75.8 Å². The lowest BCUT2D eigenvalue weighted by Crippen LogP contribution is -2.47. The lowest BCUT2D eigenvalue weighted by atomic mass is 9.92. The Bertz CT molecular complexity index is 1030. The van der Waals surface area contributed by atoms with Crippen LogP contribution in [0.15, 0.2) is 31.0 Å². The molecule has 0 bridgehead atoms. The van der Waals surface area contributed by atoms with E-state index in [1.165, 1.54) is 11.6 Å². The highest BCUT2D eigenvalue weighted by Gasteiger charge is 2.24. The molecule has 0 saturated carbocycles. The molecule has 9 heteroatoms. The monoisotopic (exact) mass is 482 g/mol. The first kappa shape index (κ1) is 24.3. The van der Waals surface area contributed by atoms with Gasteiger partial charge in [-0.25, -0.2) is 9.97 Å². The van der Waals surface area contributed by atoms with Crippen molar-refractivity contribution in [1.29, 1.82) is 0 Å². The molecular weight excluding hydrogens is 448 g/mol. The van der Waals surface area contributed by atoms with Crippen LogP contribution >= 0.6 is 11.3 Å². The minimum atomic E-state index is 0.0117. The molecule has 2 fully saturated rings. The highest BCUT2D eigenvalue weighted by Crippen LogP contribution is 2.25. The summed E-state index contributed by atoms with van der Waals surface area (Å²) in [5, 5.41) is 4.22. The number of aryl methyl sites for hydroxylation is 1. The number of hydrogen-bond donors (Lipinski definition) is 1. The van der Waals surface area contributed by atoms with E-state index in [1.807, 2.05) is 22.9 Å². The van der Waals surface area contributed by atoms with Crippen molar-refractivity contribution in [3.8, 4) is 0 Å². The van der Waals surface area contributed by atoms with Crippen molar-refractivity contribution in [1.82, 2.24) is 24.7 Å². The van der Waals surface area contributed by atoms with Crippen LogP contribution in [0.25, 0.3) is 0 Å². The smallest absolute Gasteiger partial charge is 0.245 e. The molecule has 182 valence electrons. The SMILES string of the molecule is C=CC(=O)N1CCC[C@H](Cc2cc(CN3CCN(C(C)=O)CC3)cc(Nc3ncc(C)s3)n2)C1.